The van der Waals surface area contributed by atoms with Gasteiger partial charge in [-0.05, 0) is 12.8 Å². The van der Waals surface area contributed by atoms with Gasteiger partial charge in [0, 0.05) is 6.54 Å². The van der Waals surface area contributed by atoms with Gasteiger partial charge >= 0.3 is 12.1 Å². The summed E-state index contributed by atoms with van der Waals surface area (Å²) in [5, 5.41) is 7.67. The van der Waals surface area contributed by atoms with Crippen molar-refractivity contribution in [2.75, 3.05) is 13.1 Å². The van der Waals surface area contributed by atoms with Gasteiger partial charge in [-0.3, -0.25) is 4.79 Å². The van der Waals surface area contributed by atoms with Gasteiger partial charge in [0.2, 0.25) is 10.0 Å². The summed E-state index contributed by atoms with van der Waals surface area (Å²) in [4.78, 5) is 10.9. The molecule has 0 bridgehead atoms. The summed E-state index contributed by atoms with van der Waals surface area (Å²) in [7, 11) is -4.25. The fraction of sp³-hybridized carbons (Fsp3) is 0.900. The van der Waals surface area contributed by atoms with E-state index in [1.807, 2.05) is 0 Å². The fourth-order valence-corrected chi connectivity index (χ4v) is 4.54. The number of carboxylic acid groups (broad SMARTS) is 1. The van der Waals surface area contributed by atoms with Crippen molar-refractivity contribution in [3.05, 3.63) is 0 Å². The Balaban J connectivity index is 2.98. The zero-order chi connectivity index (χ0) is 14.8. The molecule has 19 heavy (non-hydrogen) atoms. The Morgan fingerprint density at radius 2 is 1.95 bits per heavy atom. The second kappa shape index (κ2) is 5.66. The van der Waals surface area contributed by atoms with Crippen LogP contribution >= 0.6 is 0 Å². The monoisotopic (exact) mass is 303 g/mol. The molecule has 0 spiro atoms. The summed E-state index contributed by atoms with van der Waals surface area (Å²) in [5.41, 5.74) is 0. The quantitative estimate of drug-likeness (QED) is 0.834. The second-order valence-corrected chi connectivity index (χ2v) is 6.65. The number of halogens is 3. The van der Waals surface area contributed by atoms with Crippen LogP contribution in [0.4, 0.5) is 13.2 Å². The minimum absolute atomic E-state index is 0.0909. The highest BCUT2D eigenvalue weighted by Gasteiger charge is 2.46. The number of alkyl halides is 3. The molecular formula is C10H16F3NO4S. The lowest BCUT2D eigenvalue weighted by atomic mass is 10.1. The van der Waals surface area contributed by atoms with E-state index in [1.165, 1.54) is 6.92 Å². The molecule has 0 aliphatic heterocycles. The predicted molar refractivity (Wildman–Crippen MR) is 61.0 cm³/mol. The number of nitrogens with zero attached hydrogens (tertiary/aromatic N) is 1. The summed E-state index contributed by atoms with van der Waals surface area (Å²) in [5.74, 6) is -2.39. The standard InChI is InChI=1S/C10H16F3NO4S/c1-2-14(6-10(11,12)13)19(17,18)8-5-3-4-7(8)9(15)16/h7-8H,2-6H2,1H3,(H,15,16). The third kappa shape index (κ3) is 3.82. The third-order valence-electron chi connectivity index (χ3n) is 3.22. The van der Waals surface area contributed by atoms with Crippen molar-refractivity contribution in [2.24, 2.45) is 5.92 Å². The second-order valence-electron chi connectivity index (χ2n) is 4.50. The first kappa shape index (κ1) is 16.2. The Morgan fingerprint density at radius 3 is 2.37 bits per heavy atom. The first-order chi connectivity index (χ1) is 8.59. The smallest absolute Gasteiger partial charge is 0.402 e. The highest BCUT2D eigenvalue weighted by atomic mass is 32.2. The number of carbonyl (C=O) groups is 1. The van der Waals surface area contributed by atoms with Crippen molar-refractivity contribution in [1.82, 2.24) is 4.31 Å². The van der Waals surface area contributed by atoms with E-state index in [0.717, 1.165) is 0 Å². The maximum Gasteiger partial charge on any atom is 0.402 e. The molecule has 9 heteroatoms. The molecule has 0 aromatic rings. The maximum atomic E-state index is 12.3. The lowest BCUT2D eigenvalue weighted by molar-refractivity contribution is -0.141. The van der Waals surface area contributed by atoms with E-state index in [-0.39, 0.29) is 19.4 Å². The van der Waals surface area contributed by atoms with Crippen LogP contribution in [-0.4, -0.2) is 48.3 Å². The molecule has 1 aliphatic carbocycles. The molecule has 1 fully saturated rings. The van der Waals surface area contributed by atoms with Crippen LogP contribution in [0.1, 0.15) is 26.2 Å². The summed E-state index contributed by atoms with van der Waals surface area (Å²) in [6.45, 7) is -0.604. The van der Waals surface area contributed by atoms with Gasteiger partial charge in [-0.15, -0.1) is 0 Å². The van der Waals surface area contributed by atoms with Gasteiger partial charge in [0.1, 0.15) is 6.54 Å². The summed E-state index contributed by atoms with van der Waals surface area (Å²) in [6, 6.07) is 0. The average Bonchev–Trinajstić information content (AvgIpc) is 2.73. The molecule has 112 valence electrons. The van der Waals surface area contributed by atoms with E-state index in [1.54, 1.807) is 0 Å². The normalized spacial score (nSPS) is 24.9. The Kier molecular flexibility index (Phi) is 4.83. The van der Waals surface area contributed by atoms with Crippen LogP contribution in [0.15, 0.2) is 0 Å². The number of sulfonamides is 1. The zero-order valence-corrected chi connectivity index (χ0v) is 11.2. The molecule has 0 aromatic heterocycles. The molecule has 0 aromatic carbocycles. The molecule has 1 aliphatic rings. The van der Waals surface area contributed by atoms with Crippen molar-refractivity contribution in [3.8, 4) is 0 Å². The maximum absolute atomic E-state index is 12.3. The molecule has 5 nitrogen and oxygen atoms in total. The Bertz CT molecular complexity index is 435. The molecule has 1 rings (SSSR count). The molecule has 2 atom stereocenters. The number of rotatable bonds is 5. The van der Waals surface area contributed by atoms with Crippen molar-refractivity contribution in [1.29, 1.82) is 0 Å². The number of carboxylic acids is 1. The minimum Gasteiger partial charge on any atom is -0.481 e. The van der Waals surface area contributed by atoms with Crippen LogP contribution in [0.2, 0.25) is 0 Å². The van der Waals surface area contributed by atoms with Gasteiger partial charge in [-0.25, -0.2) is 8.42 Å². The predicted octanol–water partition coefficient (Wildman–Crippen LogP) is 1.45. The molecule has 0 amide bonds. The number of hydrogen-bond donors (Lipinski definition) is 1. The summed E-state index contributed by atoms with van der Waals surface area (Å²) in [6.07, 6.45) is -3.97. The van der Waals surface area contributed by atoms with Gasteiger partial charge in [0.15, 0.2) is 0 Å². The van der Waals surface area contributed by atoms with Crippen LogP contribution < -0.4 is 0 Å². The van der Waals surface area contributed by atoms with E-state index in [9.17, 15) is 26.4 Å². The first-order valence-electron chi connectivity index (χ1n) is 5.88. The summed E-state index contributed by atoms with van der Waals surface area (Å²) < 4.78 is 61.6. The van der Waals surface area contributed by atoms with Crippen LogP contribution in [0, 0.1) is 5.92 Å². The zero-order valence-electron chi connectivity index (χ0n) is 10.4. The molecule has 0 saturated heterocycles. The van der Waals surface area contributed by atoms with Gasteiger partial charge in [-0.2, -0.15) is 17.5 Å². The lowest BCUT2D eigenvalue weighted by Crippen LogP contribution is -2.45. The van der Waals surface area contributed by atoms with E-state index >= 15 is 0 Å². The van der Waals surface area contributed by atoms with Crippen LogP contribution in [0.5, 0.6) is 0 Å². The molecular weight excluding hydrogens is 287 g/mol. The van der Waals surface area contributed by atoms with E-state index in [4.69, 9.17) is 5.11 Å². The number of aliphatic carboxylic acids is 1. The SMILES string of the molecule is CCN(CC(F)(F)F)S(=O)(=O)C1CCCC1C(=O)O. The molecule has 1 saturated carbocycles. The molecule has 0 heterocycles. The Hall–Kier alpha value is -0.830. The number of hydrogen-bond acceptors (Lipinski definition) is 3. The van der Waals surface area contributed by atoms with Crippen LogP contribution in [0.25, 0.3) is 0 Å². The highest BCUT2D eigenvalue weighted by Crippen LogP contribution is 2.34. The van der Waals surface area contributed by atoms with Crippen LogP contribution in [0.3, 0.4) is 0 Å². The average molecular weight is 303 g/mol. The largest absolute Gasteiger partial charge is 0.481 e. The fourth-order valence-electron chi connectivity index (χ4n) is 2.34. The Labute approximate surface area is 109 Å². The van der Waals surface area contributed by atoms with Gasteiger partial charge in [-0.1, -0.05) is 13.3 Å². The summed E-state index contributed by atoms with van der Waals surface area (Å²) >= 11 is 0. The molecule has 2 unspecified atom stereocenters. The van der Waals surface area contributed by atoms with Crippen molar-refractivity contribution in [3.63, 3.8) is 0 Å². The van der Waals surface area contributed by atoms with E-state index in [0.29, 0.717) is 10.7 Å². The minimum atomic E-state index is -4.64. The topological polar surface area (TPSA) is 74.7 Å². The van der Waals surface area contributed by atoms with E-state index < -0.39 is 39.9 Å². The van der Waals surface area contributed by atoms with Crippen molar-refractivity contribution in [2.45, 2.75) is 37.6 Å². The first-order valence-corrected chi connectivity index (χ1v) is 7.38. The lowest BCUT2D eigenvalue weighted by Gasteiger charge is -2.27. The third-order valence-corrected chi connectivity index (χ3v) is 5.66. The molecule has 0 radical (unpaired) electrons. The Morgan fingerprint density at radius 1 is 1.37 bits per heavy atom. The van der Waals surface area contributed by atoms with Gasteiger partial charge in [0.25, 0.3) is 0 Å². The molecule has 1 N–H and O–H groups in total. The van der Waals surface area contributed by atoms with Crippen molar-refractivity contribution < 1.29 is 31.5 Å². The van der Waals surface area contributed by atoms with Gasteiger partial charge in [0.05, 0.1) is 11.2 Å². The van der Waals surface area contributed by atoms with Crippen LogP contribution in [-0.2, 0) is 14.8 Å². The van der Waals surface area contributed by atoms with E-state index in [2.05, 4.69) is 0 Å². The van der Waals surface area contributed by atoms with Gasteiger partial charge < -0.3 is 5.11 Å². The highest BCUT2D eigenvalue weighted by molar-refractivity contribution is 7.89. The van der Waals surface area contributed by atoms with Crippen molar-refractivity contribution >= 4 is 16.0 Å².